The third-order valence-electron chi connectivity index (χ3n) is 9.45. The van der Waals surface area contributed by atoms with Crippen LogP contribution in [0.3, 0.4) is 0 Å². The standard InChI is InChI=1S/C40H74O5/c1-3-5-7-9-11-13-15-17-19-21-23-25-27-29-31-33-35-40(39(44)45,37(41)38(42)43)36-34-32-30-28-26-24-22-20-18-16-14-12-10-8-6-4-2/h17-20,37,41H,3-16,21-36H2,1-2H3,(H,42,43)(H,44,45)/b19-17-,20-18-. The van der Waals surface area contributed by atoms with E-state index in [2.05, 4.69) is 38.2 Å². The number of aliphatic carboxylic acids is 2. The highest BCUT2D eigenvalue weighted by molar-refractivity contribution is 5.85. The quantitative estimate of drug-likeness (QED) is 0.0476. The van der Waals surface area contributed by atoms with Gasteiger partial charge >= 0.3 is 11.9 Å². The fraction of sp³-hybridized carbons (Fsp3) is 0.850. The summed E-state index contributed by atoms with van der Waals surface area (Å²) in [4.78, 5) is 24.0. The summed E-state index contributed by atoms with van der Waals surface area (Å²) in [6.07, 6.45) is 40.6. The maximum atomic E-state index is 12.3. The van der Waals surface area contributed by atoms with E-state index in [4.69, 9.17) is 0 Å². The maximum absolute atomic E-state index is 12.3. The van der Waals surface area contributed by atoms with Crippen molar-refractivity contribution >= 4 is 11.9 Å². The van der Waals surface area contributed by atoms with E-state index in [1.54, 1.807) is 0 Å². The maximum Gasteiger partial charge on any atom is 0.333 e. The van der Waals surface area contributed by atoms with Crippen molar-refractivity contribution in [1.29, 1.82) is 0 Å². The average Bonchev–Trinajstić information content (AvgIpc) is 3.02. The lowest BCUT2D eigenvalue weighted by Gasteiger charge is -2.32. The van der Waals surface area contributed by atoms with Crippen molar-refractivity contribution in [3.8, 4) is 0 Å². The number of aliphatic hydroxyl groups excluding tert-OH is 1. The summed E-state index contributed by atoms with van der Waals surface area (Å²) >= 11 is 0. The Morgan fingerprint density at radius 2 is 0.733 bits per heavy atom. The minimum absolute atomic E-state index is 0.224. The molecular formula is C40H74O5. The van der Waals surface area contributed by atoms with Crippen molar-refractivity contribution in [3.05, 3.63) is 24.3 Å². The van der Waals surface area contributed by atoms with Crippen LogP contribution in [0.25, 0.3) is 0 Å². The van der Waals surface area contributed by atoms with Crippen molar-refractivity contribution < 1.29 is 24.9 Å². The molecule has 45 heavy (non-hydrogen) atoms. The van der Waals surface area contributed by atoms with E-state index >= 15 is 0 Å². The van der Waals surface area contributed by atoms with E-state index in [0.29, 0.717) is 12.8 Å². The van der Waals surface area contributed by atoms with E-state index in [9.17, 15) is 24.9 Å². The monoisotopic (exact) mass is 635 g/mol. The predicted octanol–water partition coefficient (Wildman–Crippen LogP) is 12.4. The van der Waals surface area contributed by atoms with Crippen LogP contribution in [0, 0.1) is 5.41 Å². The second-order valence-corrected chi connectivity index (χ2v) is 13.6. The molecule has 0 radical (unpaired) electrons. The van der Waals surface area contributed by atoms with Crippen LogP contribution in [0.15, 0.2) is 24.3 Å². The molecule has 5 heteroatoms. The fourth-order valence-electron chi connectivity index (χ4n) is 6.34. The first-order valence-corrected chi connectivity index (χ1v) is 19.4. The van der Waals surface area contributed by atoms with E-state index in [-0.39, 0.29) is 12.8 Å². The van der Waals surface area contributed by atoms with Gasteiger partial charge in [0.2, 0.25) is 0 Å². The molecule has 0 amide bonds. The van der Waals surface area contributed by atoms with Gasteiger partial charge in [-0.05, 0) is 64.2 Å². The number of hydrogen-bond donors (Lipinski definition) is 3. The molecule has 0 aliphatic heterocycles. The van der Waals surface area contributed by atoms with Crippen LogP contribution in [-0.2, 0) is 9.59 Å². The smallest absolute Gasteiger partial charge is 0.333 e. The van der Waals surface area contributed by atoms with Crippen molar-refractivity contribution in [2.45, 2.75) is 213 Å². The molecule has 264 valence electrons. The number of allylic oxidation sites excluding steroid dienone is 4. The molecule has 0 saturated heterocycles. The molecule has 0 aromatic rings. The van der Waals surface area contributed by atoms with Crippen molar-refractivity contribution in [2.24, 2.45) is 5.41 Å². The molecule has 0 fully saturated rings. The number of hydrogen-bond acceptors (Lipinski definition) is 3. The van der Waals surface area contributed by atoms with Gasteiger partial charge in [-0.3, -0.25) is 4.79 Å². The second-order valence-electron chi connectivity index (χ2n) is 13.6. The Hall–Kier alpha value is -1.62. The van der Waals surface area contributed by atoms with Crippen molar-refractivity contribution in [1.82, 2.24) is 0 Å². The average molecular weight is 635 g/mol. The topological polar surface area (TPSA) is 94.8 Å². The van der Waals surface area contributed by atoms with Crippen LogP contribution in [0.1, 0.15) is 206 Å². The lowest BCUT2D eigenvalue weighted by Crippen LogP contribution is -2.47. The van der Waals surface area contributed by atoms with Crippen LogP contribution in [-0.4, -0.2) is 33.4 Å². The molecular weight excluding hydrogens is 560 g/mol. The largest absolute Gasteiger partial charge is 0.481 e. The summed E-state index contributed by atoms with van der Waals surface area (Å²) in [6.45, 7) is 4.50. The van der Waals surface area contributed by atoms with Gasteiger partial charge in [0.1, 0.15) is 5.41 Å². The van der Waals surface area contributed by atoms with Crippen LogP contribution in [0.2, 0.25) is 0 Å². The summed E-state index contributed by atoms with van der Waals surface area (Å²) in [5, 5.41) is 30.0. The van der Waals surface area contributed by atoms with Gasteiger partial charge in [0.05, 0.1) is 0 Å². The number of aliphatic hydroxyl groups is 1. The van der Waals surface area contributed by atoms with E-state index in [1.807, 2.05) is 0 Å². The molecule has 0 rings (SSSR count). The van der Waals surface area contributed by atoms with Gasteiger partial charge in [-0.25, -0.2) is 4.79 Å². The zero-order chi connectivity index (χ0) is 33.3. The van der Waals surface area contributed by atoms with Gasteiger partial charge in [0.15, 0.2) is 6.10 Å². The number of unbranched alkanes of at least 4 members (excludes halogenated alkanes) is 24. The highest BCUT2D eigenvalue weighted by Crippen LogP contribution is 2.36. The lowest BCUT2D eigenvalue weighted by atomic mass is 9.73. The Balaban J connectivity index is 4.10. The molecule has 0 saturated carbocycles. The van der Waals surface area contributed by atoms with Gasteiger partial charge in [-0.1, -0.05) is 167 Å². The molecule has 5 nitrogen and oxygen atoms in total. The van der Waals surface area contributed by atoms with E-state index in [0.717, 1.165) is 51.4 Å². The molecule has 0 aliphatic carbocycles. The van der Waals surface area contributed by atoms with Gasteiger partial charge < -0.3 is 15.3 Å². The first-order valence-electron chi connectivity index (χ1n) is 19.4. The minimum Gasteiger partial charge on any atom is -0.481 e. The summed E-state index contributed by atoms with van der Waals surface area (Å²) in [5.41, 5.74) is -1.59. The predicted molar refractivity (Wildman–Crippen MR) is 192 cm³/mol. The lowest BCUT2D eigenvalue weighted by molar-refractivity contribution is -0.171. The van der Waals surface area contributed by atoms with Crippen LogP contribution in [0.5, 0.6) is 0 Å². The molecule has 0 aromatic carbocycles. The van der Waals surface area contributed by atoms with Gasteiger partial charge in [-0.2, -0.15) is 0 Å². The Bertz CT molecular complexity index is 686. The molecule has 0 spiro atoms. The van der Waals surface area contributed by atoms with E-state index < -0.39 is 23.5 Å². The minimum atomic E-state index is -1.86. The van der Waals surface area contributed by atoms with Crippen LogP contribution >= 0.6 is 0 Å². The summed E-state index contributed by atoms with van der Waals surface area (Å²) in [5.74, 6) is -2.59. The van der Waals surface area contributed by atoms with Crippen LogP contribution < -0.4 is 0 Å². The van der Waals surface area contributed by atoms with Crippen molar-refractivity contribution in [2.75, 3.05) is 0 Å². The molecule has 0 aromatic heterocycles. The highest BCUT2D eigenvalue weighted by Gasteiger charge is 2.48. The fourth-order valence-corrected chi connectivity index (χ4v) is 6.34. The Morgan fingerprint density at radius 1 is 0.467 bits per heavy atom. The van der Waals surface area contributed by atoms with Crippen LogP contribution in [0.4, 0.5) is 0 Å². The Labute approximate surface area is 278 Å². The summed E-state index contributed by atoms with van der Waals surface area (Å²) in [7, 11) is 0. The molecule has 1 unspecified atom stereocenters. The first-order chi connectivity index (χ1) is 21.9. The summed E-state index contributed by atoms with van der Waals surface area (Å²) in [6, 6.07) is 0. The first kappa shape index (κ1) is 43.4. The molecule has 0 heterocycles. The normalized spacial score (nSPS) is 12.9. The number of carboxylic acids is 2. The molecule has 0 bridgehead atoms. The third-order valence-corrected chi connectivity index (χ3v) is 9.45. The number of carbonyl (C=O) groups is 2. The Morgan fingerprint density at radius 3 is 1.00 bits per heavy atom. The zero-order valence-electron chi connectivity index (χ0n) is 29.8. The highest BCUT2D eigenvalue weighted by atomic mass is 16.4. The third kappa shape index (κ3) is 25.2. The molecule has 0 aliphatic rings. The summed E-state index contributed by atoms with van der Waals surface area (Å²) < 4.78 is 0. The van der Waals surface area contributed by atoms with E-state index in [1.165, 1.54) is 116 Å². The molecule has 3 N–H and O–H groups in total. The van der Waals surface area contributed by atoms with Gasteiger partial charge in [-0.15, -0.1) is 0 Å². The van der Waals surface area contributed by atoms with Crippen molar-refractivity contribution in [3.63, 3.8) is 0 Å². The zero-order valence-corrected chi connectivity index (χ0v) is 29.8. The Kier molecular flexibility index (Phi) is 31.2. The number of carboxylic acid groups (broad SMARTS) is 2. The SMILES string of the molecule is CCCCCCCC/C=C\CCCCCCCCC(CCCCCCCC/C=C\CCCCCCCC)(C(=O)O)C(O)C(=O)O. The second kappa shape index (κ2) is 32.3. The number of rotatable bonds is 35. The van der Waals surface area contributed by atoms with Gasteiger partial charge in [0.25, 0.3) is 0 Å². The molecule has 1 atom stereocenters. The van der Waals surface area contributed by atoms with Gasteiger partial charge in [0, 0.05) is 0 Å².